The molecule has 0 saturated heterocycles. The lowest BCUT2D eigenvalue weighted by Crippen LogP contribution is -1.85. The van der Waals surface area contributed by atoms with E-state index >= 15 is 0 Å². The van der Waals surface area contributed by atoms with Gasteiger partial charge in [0.15, 0.2) is 10.3 Å². The van der Waals surface area contributed by atoms with E-state index in [1.807, 2.05) is 24.3 Å². The molecule has 0 atom stereocenters. The van der Waals surface area contributed by atoms with E-state index in [1.54, 1.807) is 0 Å². The molecule has 1 heterocycles. The van der Waals surface area contributed by atoms with Gasteiger partial charge in [-0.3, -0.25) is 0 Å². The van der Waals surface area contributed by atoms with Gasteiger partial charge < -0.3 is 0 Å². The van der Waals surface area contributed by atoms with Crippen LogP contribution in [0.4, 0.5) is 0 Å². The van der Waals surface area contributed by atoms with E-state index in [-0.39, 0.29) is 7.43 Å². The van der Waals surface area contributed by atoms with Gasteiger partial charge in [0, 0.05) is 10.8 Å². The topological polar surface area (TPSA) is 25.8 Å². The van der Waals surface area contributed by atoms with Crippen molar-refractivity contribution in [2.45, 2.75) is 7.43 Å². The molecule has 1 aromatic heterocycles. The predicted octanol–water partition coefficient (Wildman–Crippen LogP) is 3.57. The maximum atomic E-state index is 5.80. The Bertz CT molecular complexity index is 388. The molecule has 0 aliphatic carbocycles. The van der Waals surface area contributed by atoms with Gasteiger partial charge in [0.25, 0.3) is 0 Å². The normalized spacial score (nSPS) is 9.69. The molecule has 0 amide bonds. The first kappa shape index (κ1) is 10.2. The van der Waals surface area contributed by atoms with Gasteiger partial charge in [-0.25, -0.2) is 0 Å². The van der Waals surface area contributed by atoms with Crippen molar-refractivity contribution >= 4 is 34.0 Å². The molecule has 0 saturated carbocycles. The highest BCUT2D eigenvalue weighted by atomic mass is 35.5. The van der Waals surface area contributed by atoms with Crippen molar-refractivity contribution in [1.82, 2.24) is 10.2 Å². The Hall–Kier alpha value is -0.860. The molecule has 0 unspecified atom stereocenters. The Morgan fingerprint density at radius 2 is 1.23 bits per heavy atom. The van der Waals surface area contributed by atoms with Crippen molar-refractivity contribution in [3.05, 3.63) is 34.6 Å². The Labute approximate surface area is 86.5 Å². The Balaban J connectivity index is 0.000000845. The molecular weight excluding hydrogens is 207 g/mol. The number of benzene rings is 1. The second-order valence-corrected chi connectivity index (χ2v) is 3.04. The average molecular weight is 215 g/mol. The van der Waals surface area contributed by atoms with Gasteiger partial charge in [-0.2, -0.15) is 0 Å². The van der Waals surface area contributed by atoms with Crippen LogP contribution in [-0.4, -0.2) is 10.2 Å². The Kier molecular flexibility index (Phi) is 3.07. The molecule has 4 heteroatoms. The van der Waals surface area contributed by atoms with Crippen LogP contribution in [0.25, 0.3) is 10.8 Å². The summed E-state index contributed by atoms with van der Waals surface area (Å²) in [5, 5.41) is 9.81. The second-order valence-electron chi connectivity index (χ2n) is 2.33. The smallest absolute Gasteiger partial charge is 0.136 e. The van der Waals surface area contributed by atoms with Crippen molar-refractivity contribution in [1.29, 1.82) is 0 Å². The van der Waals surface area contributed by atoms with Crippen LogP contribution in [0, 0.1) is 0 Å². The van der Waals surface area contributed by atoms with E-state index in [9.17, 15) is 0 Å². The number of aromatic nitrogens is 2. The lowest BCUT2D eigenvalue weighted by molar-refractivity contribution is 1.05. The molecule has 0 aliphatic heterocycles. The monoisotopic (exact) mass is 214 g/mol. The summed E-state index contributed by atoms with van der Waals surface area (Å²) in [6.07, 6.45) is 0. The van der Waals surface area contributed by atoms with Crippen molar-refractivity contribution in [3.63, 3.8) is 0 Å². The first-order valence-electron chi connectivity index (χ1n) is 3.35. The number of hydrogen-bond acceptors (Lipinski definition) is 2. The summed E-state index contributed by atoms with van der Waals surface area (Å²) in [5.74, 6) is 0. The molecule has 2 rings (SSSR count). The first-order chi connectivity index (χ1) is 5.79. The number of fused-ring (bicyclic) bond motifs is 1. The van der Waals surface area contributed by atoms with E-state index in [0.29, 0.717) is 10.3 Å². The van der Waals surface area contributed by atoms with Gasteiger partial charge in [0.1, 0.15) is 0 Å². The summed E-state index contributed by atoms with van der Waals surface area (Å²) in [6.45, 7) is 0. The van der Waals surface area contributed by atoms with E-state index in [4.69, 9.17) is 23.2 Å². The Morgan fingerprint density at radius 1 is 0.846 bits per heavy atom. The van der Waals surface area contributed by atoms with Crippen LogP contribution in [0.15, 0.2) is 24.3 Å². The molecule has 0 radical (unpaired) electrons. The predicted molar refractivity (Wildman–Crippen MR) is 56.3 cm³/mol. The standard InChI is InChI=1S/C8H4Cl2N2.CH4/c9-7-5-3-1-2-4-6(5)8(10)12-11-7;/h1-4H;1H4. The quantitative estimate of drug-likeness (QED) is 0.671. The van der Waals surface area contributed by atoms with Crippen LogP contribution in [0.5, 0.6) is 0 Å². The molecule has 2 aromatic rings. The van der Waals surface area contributed by atoms with Crippen LogP contribution in [0.3, 0.4) is 0 Å². The first-order valence-corrected chi connectivity index (χ1v) is 4.11. The van der Waals surface area contributed by atoms with Crippen molar-refractivity contribution in [3.8, 4) is 0 Å². The lowest BCUT2D eigenvalue weighted by atomic mass is 10.2. The Morgan fingerprint density at radius 3 is 1.62 bits per heavy atom. The lowest BCUT2D eigenvalue weighted by Gasteiger charge is -1.98. The molecule has 1 aromatic carbocycles. The number of nitrogens with zero attached hydrogens (tertiary/aromatic N) is 2. The largest absolute Gasteiger partial charge is 0.159 e. The van der Waals surface area contributed by atoms with E-state index in [1.165, 1.54) is 0 Å². The average Bonchev–Trinajstić information content (AvgIpc) is 2.12. The summed E-state index contributed by atoms with van der Waals surface area (Å²) in [4.78, 5) is 0. The van der Waals surface area contributed by atoms with Gasteiger partial charge >= 0.3 is 0 Å². The van der Waals surface area contributed by atoms with Crippen molar-refractivity contribution in [2.24, 2.45) is 0 Å². The van der Waals surface area contributed by atoms with Crippen LogP contribution < -0.4 is 0 Å². The highest BCUT2D eigenvalue weighted by Crippen LogP contribution is 2.24. The molecule has 13 heavy (non-hydrogen) atoms. The third kappa shape index (κ3) is 1.74. The minimum absolute atomic E-state index is 0. The minimum Gasteiger partial charge on any atom is -0.136 e. The van der Waals surface area contributed by atoms with Gasteiger partial charge in [-0.1, -0.05) is 54.9 Å². The van der Waals surface area contributed by atoms with Gasteiger partial charge in [0.05, 0.1) is 0 Å². The molecule has 0 fully saturated rings. The maximum absolute atomic E-state index is 5.80. The molecule has 0 N–H and O–H groups in total. The molecular formula is C9H8Cl2N2. The van der Waals surface area contributed by atoms with E-state index in [0.717, 1.165) is 10.8 Å². The molecule has 0 bridgehead atoms. The highest BCUT2D eigenvalue weighted by molar-refractivity contribution is 6.38. The van der Waals surface area contributed by atoms with E-state index in [2.05, 4.69) is 10.2 Å². The fourth-order valence-electron chi connectivity index (χ4n) is 1.04. The number of halogens is 2. The van der Waals surface area contributed by atoms with Crippen molar-refractivity contribution < 1.29 is 0 Å². The summed E-state index contributed by atoms with van der Waals surface area (Å²) in [6, 6.07) is 7.48. The molecule has 68 valence electrons. The molecule has 0 aliphatic rings. The number of hydrogen-bond donors (Lipinski definition) is 0. The summed E-state index contributed by atoms with van der Waals surface area (Å²) in [7, 11) is 0. The van der Waals surface area contributed by atoms with Gasteiger partial charge in [-0.05, 0) is 0 Å². The summed E-state index contributed by atoms with van der Waals surface area (Å²) < 4.78 is 0. The maximum Gasteiger partial charge on any atom is 0.159 e. The van der Waals surface area contributed by atoms with Crippen LogP contribution in [-0.2, 0) is 0 Å². The number of rotatable bonds is 0. The summed E-state index contributed by atoms with van der Waals surface area (Å²) >= 11 is 11.6. The van der Waals surface area contributed by atoms with Gasteiger partial charge in [0.2, 0.25) is 0 Å². The zero-order valence-corrected chi connectivity index (χ0v) is 7.47. The van der Waals surface area contributed by atoms with Crippen LogP contribution in [0.1, 0.15) is 7.43 Å². The third-order valence-corrected chi connectivity index (χ3v) is 2.16. The minimum atomic E-state index is 0. The molecule has 2 nitrogen and oxygen atoms in total. The highest BCUT2D eigenvalue weighted by Gasteiger charge is 2.03. The van der Waals surface area contributed by atoms with Gasteiger partial charge in [-0.15, -0.1) is 10.2 Å². The van der Waals surface area contributed by atoms with Crippen molar-refractivity contribution in [2.75, 3.05) is 0 Å². The third-order valence-electron chi connectivity index (χ3n) is 1.60. The second kappa shape index (κ2) is 3.90. The zero-order valence-electron chi connectivity index (χ0n) is 5.96. The summed E-state index contributed by atoms with van der Waals surface area (Å²) in [5.41, 5.74) is 0. The fourth-order valence-corrected chi connectivity index (χ4v) is 1.44. The fraction of sp³-hybridized carbons (Fsp3) is 0.111. The van der Waals surface area contributed by atoms with Crippen LogP contribution >= 0.6 is 23.2 Å². The van der Waals surface area contributed by atoms with Crippen LogP contribution in [0.2, 0.25) is 10.3 Å². The molecule has 0 spiro atoms. The zero-order chi connectivity index (χ0) is 8.55. The van der Waals surface area contributed by atoms with E-state index < -0.39 is 0 Å². The SMILES string of the molecule is C.Clc1nnc(Cl)c2ccccc12.